The summed E-state index contributed by atoms with van der Waals surface area (Å²) < 4.78 is 0. The van der Waals surface area contributed by atoms with Gasteiger partial charge in [0, 0.05) is 31.9 Å². The molecule has 1 aliphatic rings. The summed E-state index contributed by atoms with van der Waals surface area (Å²) in [6.07, 6.45) is 0.864. The number of anilines is 1. The highest BCUT2D eigenvalue weighted by Gasteiger charge is 2.22. The maximum Gasteiger partial charge on any atom is 0.321 e. The normalized spacial score (nSPS) is 15.8. The molecule has 0 bridgehead atoms. The molecule has 1 heterocycles. The Kier molecular flexibility index (Phi) is 5.16. The minimum Gasteiger partial charge on any atom is -0.480 e. The average Bonchev–Trinajstić information content (AvgIpc) is 2.48. The molecule has 114 valence electrons. The fourth-order valence-electron chi connectivity index (χ4n) is 2.45. The third-order valence-corrected chi connectivity index (χ3v) is 3.66. The van der Waals surface area contributed by atoms with Crippen molar-refractivity contribution in [3.8, 4) is 0 Å². The molecule has 2 N–H and O–H groups in total. The van der Waals surface area contributed by atoms with Gasteiger partial charge >= 0.3 is 12.0 Å². The Labute approximate surface area is 124 Å². The molecule has 1 fully saturated rings. The number of amides is 2. The predicted octanol–water partition coefficient (Wildman–Crippen LogP) is 1.48. The van der Waals surface area contributed by atoms with E-state index in [0.717, 1.165) is 17.7 Å². The molecule has 1 aliphatic heterocycles. The molecule has 0 spiro atoms. The Bertz CT molecular complexity index is 511. The molecule has 6 heteroatoms. The van der Waals surface area contributed by atoms with E-state index < -0.39 is 5.97 Å². The van der Waals surface area contributed by atoms with Crippen LogP contribution in [0, 0.1) is 0 Å². The van der Waals surface area contributed by atoms with Crippen LogP contribution in [0.15, 0.2) is 24.3 Å². The van der Waals surface area contributed by atoms with Crippen molar-refractivity contribution in [3.63, 3.8) is 0 Å². The van der Waals surface area contributed by atoms with Gasteiger partial charge in [-0.1, -0.05) is 25.1 Å². The molecule has 0 radical (unpaired) electrons. The first kappa shape index (κ1) is 15.3. The van der Waals surface area contributed by atoms with E-state index in [1.165, 1.54) is 0 Å². The standard InChI is InChI=1S/C15H21N3O3/c1-2-12-5-3-4-6-13(12)16-15(21)18-9-7-17(8-10-18)11-14(19)20/h3-6H,2,7-11H2,1H3,(H,16,21)(H,19,20). The van der Waals surface area contributed by atoms with Gasteiger partial charge in [0.1, 0.15) is 0 Å². The summed E-state index contributed by atoms with van der Waals surface area (Å²) in [6, 6.07) is 7.64. The van der Waals surface area contributed by atoms with E-state index in [-0.39, 0.29) is 12.6 Å². The van der Waals surface area contributed by atoms with E-state index in [9.17, 15) is 9.59 Å². The Balaban J connectivity index is 1.89. The first-order valence-electron chi connectivity index (χ1n) is 7.18. The van der Waals surface area contributed by atoms with Gasteiger partial charge in [0.25, 0.3) is 0 Å². The number of carboxylic acids is 1. The van der Waals surface area contributed by atoms with Crippen LogP contribution in [0.25, 0.3) is 0 Å². The second kappa shape index (κ2) is 7.08. The van der Waals surface area contributed by atoms with Crippen LogP contribution in [0.2, 0.25) is 0 Å². The van der Waals surface area contributed by atoms with Crippen LogP contribution in [0.1, 0.15) is 12.5 Å². The van der Waals surface area contributed by atoms with E-state index in [0.29, 0.717) is 26.2 Å². The minimum atomic E-state index is -0.829. The van der Waals surface area contributed by atoms with Crippen LogP contribution in [0.4, 0.5) is 10.5 Å². The number of piperazine rings is 1. The topological polar surface area (TPSA) is 72.9 Å². The first-order chi connectivity index (χ1) is 10.1. The molecule has 6 nitrogen and oxygen atoms in total. The van der Waals surface area contributed by atoms with Crippen LogP contribution in [-0.4, -0.2) is 59.6 Å². The number of para-hydroxylation sites is 1. The number of carboxylic acid groups (broad SMARTS) is 1. The monoisotopic (exact) mass is 291 g/mol. The number of hydrogen-bond donors (Lipinski definition) is 2. The molecular formula is C15H21N3O3. The van der Waals surface area contributed by atoms with Crippen LogP contribution in [0.3, 0.4) is 0 Å². The van der Waals surface area contributed by atoms with E-state index in [4.69, 9.17) is 5.11 Å². The molecule has 0 aromatic heterocycles. The van der Waals surface area contributed by atoms with E-state index in [1.807, 2.05) is 29.2 Å². The summed E-state index contributed by atoms with van der Waals surface area (Å²) in [5.74, 6) is -0.829. The zero-order valence-corrected chi connectivity index (χ0v) is 12.2. The second-order valence-corrected chi connectivity index (χ2v) is 5.10. The average molecular weight is 291 g/mol. The van der Waals surface area contributed by atoms with Crippen LogP contribution >= 0.6 is 0 Å². The fraction of sp³-hybridized carbons (Fsp3) is 0.467. The van der Waals surface area contributed by atoms with E-state index in [2.05, 4.69) is 12.2 Å². The number of hydrogen-bond acceptors (Lipinski definition) is 3. The summed E-state index contributed by atoms with van der Waals surface area (Å²) in [4.78, 5) is 26.5. The van der Waals surface area contributed by atoms with Gasteiger partial charge in [-0.3, -0.25) is 9.69 Å². The smallest absolute Gasteiger partial charge is 0.321 e. The third-order valence-electron chi connectivity index (χ3n) is 3.66. The van der Waals surface area contributed by atoms with Gasteiger partial charge in [0.2, 0.25) is 0 Å². The molecule has 2 amide bonds. The Hall–Kier alpha value is -2.08. The number of aliphatic carboxylic acids is 1. The second-order valence-electron chi connectivity index (χ2n) is 5.10. The Morgan fingerprint density at radius 2 is 1.86 bits per heavy atom. The minimum absolute atomic E-state index is 0.0358. The maximum atomic E-state index is 12.2. The number of nitrogens with zero attached hydrogens (tertiary/aromatic N) is 2. The first-order valence-corrected chi connectivity index (χ1v) is 7.18. The molecule has 1 aromatic carbocycles. The number of urea groups is 1. The molecule has 0 saturated carbocycles. The number of nitrogens with one attached hydrogen (secondary N) is 1. The summed E-state index contributed by atoms with van der Waals surface area (Å²) in [6.45, 7) is 4.37. The predicted molar refractivity (Wildman–Crippen MR) is 80.5 cm³/mol. The van der Waals surface area contributed by atoms with Gasteiger partial charge in [0.05, 0.1) is 6.54 Å². The lowest BCUT2D eigenvalue weighted by atomic mass is 10.1. The van der Waals surface area contributed by atoms with Gasteiger partial charge in [0.15, 0.2) is 0 Å². The molecular weight excluding hydrogens is 270 g/mol. The third kappa shape index (κ3) is 4.19. The summed E-state index contributed by atoms with van der Waals surface area (Å²) in [5, 5.41) is 11.7. The van der Waals surface area contributed by atoms with Gasteiger partial charge in [-0.2, -0.15) is 0 Å². The molecule has 1 aromatic rings. The van der Waals surface area contributed by atoms with Crippen molar-refractivity contribution in [2.24, 2.45) is 0 Å². The molecule has 21 heavy (non-hydrogen) atoms. The lowest BCUT2D eigenvalue weighted by molar-refractivity contribution is -0.138. The van der Waals surface area contributed by atoms with Crippen molar-refractivity contribution in [3.05, 3.63) is 29.8 Å². The largest absolute Gasteiger partial charge is 0.480 e. The van der Waals surface area contributed by atoms with Crippen molar-refractivity contribution in [2.45, 2.75) is 13.3 Å². The highest BCUT2D eigenvalue weighted by Crippen LogP contribution is 2.16. The molecule has 0 unspecified atom stereocenters. The van der Waals surface area contributed by atoms with Crippen molar-refractivity contribution in [1.82, 2.24) is 9.80 Å². The Morgan fingerprint density at radius 1 is 1.19 bits per heavy atom. The quantitative estimate of drug-likeness (QED) is 0.881. The molecule has 1 saturated heterocycles. The molecule has 0 aliphatic carbocycles. The number of carbonyl (C=O) groups excluding carboxylic acids is 1. The zero-order valence-electron chi connectivity index (χ0n) is 12.2. The van der Waals surface area contributed by atoms with Gasteiger partial charge < -0.3 is 15.3 Å². The van der Waals surface area contributed by atoms with Gasteiger partial charge in [-0.25, -0.2) is 4.79 Å². The summed E-state index contributed by atoms with van der Waals surface area (Å²) >= 11 is 0. The van der Waals surface area contributed by atoms with E-state index >= 15 is 0 Å². The lowest BCUT2D eigenvalue weighted by Crippen LogP contribution is -2.51. The van der Waals surface area contributed by atoms with E-state index in [1.54, 1.807) is 4.90 Å². The van der Waals surface area contributed by atoms with Crippen molar-refractivity contribution in [2.75, 3.05) is 38.0 Å². The maximum absolute atomic E-state index is 12.2. The van der Waals surface area contributed by atoms with Crippen LogP contribution in [-0.2, 0) is 11.2 Å². The lowest BCUT2D eigenvalue weighted by Gasteiger charge is -2.33. The summed E-state index contributed by atoms with van der Waals surface area (Å²) in [5.41, 5.74) is 1.95. The summed E-state index contributed by atoms with van der Waals surface area (Å²) in [7, 11) is 0. The van der Waals surface area contributed by atoms with Gasteiger partial charge in [-0.15, -0.1) is 0 Å². The zero-order chi connectivity index (χ0) is 15.2. The SMILES string of the molecule is CCc1ccccc1NC(=O)N1CCN(CC(=O)O)CC1. The molecule has 2 rings (SSSR count). The number of benzene rings is 1. The van der Waals surface area contributed by atoms with Crippen molar-refractivity contribution in [1.29, 1.82) is 0 Å². The molecule has 0 atom stereocenters. The van der Waals surface area contributed by atoms with Crippen molar-refractivity contribution < 1.29 is 14.7 Å². The van der Waals surface area contributed by atoms with Gasteiger partial charge in [-0.05, 0) is 18.1 Å². The number of rotatable bonds is 4. The highest BCUT2D eigenvalue weighted by atomic mass is 16.4. The van der Waals surface area contributed by atoms with Crippen molar-refractivity contribution >= 4 is 17.7 Å². The number of aryl methyl sites for hydroxylation is 1. The number of carbonyl (C=O) groups is 2. The van der Waals surface area contributed by atoms with Crippen LogP contribution < -0.4 is 5.32 Å². The Morgan fingerprint density at radius 3 is 2.48 bits per heavy atom. The fourth-order valence-corrected chi connectivity index (χ4v) is 2.45. The highest BCUT2D eigenvalue weighted by molar-refractivity contribution is 5.90. The van der Waals surface area contributed by atoms with Crippen LogP contribution in [0.5, 0.6) is 0 Å².